The van der Waals surface area contributed by atoms with Crippen LogP contribution in [-0.2, 0) is 20.2 Å². The highest BCUT2D eigenvalue weighted by Gasteiger charge is 2.19. The van der Waals surface area contributed by atoms with Crippen molar-refractivity contribution in [3.63, 3.8) is 0 Å². The molecule has 0 aliphatic heterocycles. The van der Waals surface area contributed by atoms with E-state index in [2.05, 4.69) is 36.1 Å². The Balaban J connectivity index is 2.01. The Morgan fingerprint density at radius 3 is 2.28 bits per heavy atom. The number of rotatable bonds is 9. The average molecular weight is 460 g/mol. The van der Waals surface area contributed by atoms with E-state index >= 15 is 0 Å². The monoisotopic (exact) mass is 459 g/mol. The fraction of sp³-hybridized carbons (Fsp3) is 0.417. The lowest BCUT2D eigenvalue weighted by atomic mass is 9.86. The molecule has 0 heterocycles. The molecule has 7 nitrogen and oxygen atoms in total. The van der Waals surface area contributed by atoms with Gasteiger partial charge in [-0.05, 0) is 54.7 Å². The van der Waals surface area contributed by atoms with Crippen LogP contribution in [0.2, 0.25) is 0 Å². The molecule has 2 rings (SSSR count). The van der Waals surface area contributed by atoms with Gasteiger partial charge in [0.1, 0.15) is 6.04 Å². The van der Waals surface area contributed by atoms with Crippen LogP contribution in [0.15, 0.2) is 53.4 Å². The predicted molar refractivity (Wildman–Crippen MR) is 127 cm³/mol. The first-order chi connectivity index (χ1) is 14.9. The second kappa shape index (κ2) is 10.7. The highest BCUT2D eigenvalue weighted by atomic mass is 32.2. The summed E-state index contributed by atoms with van der Waals surface area (Å²) < 4.78 is 27.3. The van der Waals surface area contributed by atoms with Gasteiger partial charge < -0.3 is 10.6 Å². The van der Waals surface area contributed by atoms with Gasteiger partial charge in [-0.15, -0.1) is 0 Å². The molecule has 8 heteroatoms. The van der Waals surface area contributed by atoms with Crippen molar-refractivity contribution in [2.24, 2.45) is 0 Å². The number of anilines is 1. The Labute approximate surface area is 191 Å². The summed E-state index contributed by atoms with van der Waals surface area (Å²) in [5, 5.41) is 5.33. The fourth-order valence-corrected chi connectivity index (χ4v) is 4.04. The van der Waals surface area contributed by atoms with E-state index in [0.717, 1.165) is 18.4 Å². The Hall–Kier alpha value is -2.71. The van der Waals surface area contributed by atoms with Crippen molar-refractivity contribution >= 4 is 27.5 Å². The number of carbonyl (C=O) groups excluding carboxylic acids is 2. The molecule has 2 aromatic rings. The van der Waals surface area contributed by atoms with Gasteiger partial charge in [-0.1, -0.05) is 52.3 Å². The van der Waals surface area contributed by atoms with Crippen LogP contribution in [0.25, 0.3) is 0 Å². The maximum atomic E-state index is 12.5. The topological polar surface area (TPSA) is 104 Å². The van der Waals surface area contributed by atoms with Crippen molar-refractivity contribution in [3.05, 3.63) is 59.7 Å². The third-order valence-electron chi connectivity index (χ3n) is 4.99. The molecule has 0 spiro atoms. The molecule has 0 aliphatic rings. The lowest BCUT2D eigenvalue weighted by Crippen LogP contribution is -2.41. The molecule has 2 amide bonds. The number of amides is 2. The minimum atomic E-state index is -3.65. The van der Waals surface area contributed by atoms with Gasteiger partial charge in [0.15, 0.2) is 0 Å². The maximum absolute atomic E-state index is 12.5. The van der Waals surface area contributed by atoms with Crippen molar-refractivity contribution < 1.29 is 18.0 Å². The Morgan fingerprint density at radius 1 is 1.03 bits per heavy atom. The third-order valence-corrected chi connectivity index (χ3v) is 6.45. The molecule has 0 fully saturated rings. The average Bonchev–Trinajstić information content (AvgIpc) is 2.73. The zero-order valence-electron chi connectivity index (χ0n) is 19.4. The van der Waals surface area contributed by atoms with Gasteiger partial charge in [0, 0.05) is 17.8 Å². The number of benzene rings is 2. The number of carbonyl (C=O) groups is 2. The van der Waals surface area contributed by atoms with Gasteiger partial charge in [0.2, 0.25) is 15.9 Å². The molecule has 174 valence electrons. The summed E-state index contributed by atoms with van der Waals surface area (Å²) in [5.41, 5.74) is 1.89. The molecular formula is C24H33N3O4S. The van der Waals surface area contributed by atoms with Gasteiger partial charge in [0.05, 0.1) is 4.90 Å². The SMILES string of the molecule is CCCCNS(=O)(=O)c1cccc(NC(=O)C(C)NC(=O)c2ccc(C(C)(C)C)cc2)c1. The zero-order chi connectivity index (χ0) is 23.9. The molecule has 0 saturated heterocycles. The molecule has 1 unspecified atom stereocenters. The molecular weight excluding hydrogens is 426 g/mol. The second-order valence-corrected chi connectivity index (χ2v) is 10.6. The smallest absolute Gasteiger partial charge is 0.251 e. The minimum absolute atomic E-state index is 0.0181. The third kappa shape index (κ3) is 7.17. The molecule has 0 aliphatic carbocycles. The molecule has 0 radical (unpaired) electrons. The van der Waals surface area contributed by atoms with Crippen LogP contribution in [0.4, 0.5) is 5.69 Å². The van der Waals surface area contributed by atoms with Crippen molar-refractivity contribution in [1.82, 2.24) is 10.0 Å². The van der Waals surface area contributed by atoms with Gasteiger partial charge >= 0.3 is 0 Å². The van der Waals surface area contributed by atoms with E-state index in [1.54, 1.807) is 31.2 Å². The van der Waals surface area contributed by atoms with Crippen LogP contribution in [-0.4, -0.2) is 32.8 Å². The highest BCUT2D eigenvalue weighted by Crippen LogP contribution is 2.22. The number of hydrogen-bond donors (Lipinski definition) is 3. The van der Waals surface area contributed by atoms with Crippen LogP contribution in [0.3, 0.4) is 0 Å². The minimum Gasteiger partial charge on any atom is -0.341 e. The van der Waals surface area contributed by atoms with E-state index < -0.39 is 22.0 Å². The number of hydrogen-bond acceptors (Lipinski definition) is 4. The summed E-state index contributed by atoms with van der Waals surface area (Å²) in [4.78, 5) is 25.1. The van der Waals surface area contributed by atoms with Crippen molar-refractivity contribution in [2.75, 3.05) is 11.9 Å². The largest absolute Gasteiger partial charge is 0.341 e. The molecule has 0 aromatic heterocycles. The maximum Gasteiger partial charge on any atom is 0.251 e. The predicted octanol–water partition coefficient (Wildman–Crippen LogP) is 3.82. The number of sulfonamides is 1. The summed E-state index contributed by atoms with van der Waals surface area (Å²) in [5.74, 6) is -0.803. The molecule has 0 saturated carbocycles. The fourth-order valence-electron chi connectivity index (χ4n) is 2.93. The first-order valence-corrected chi connectivity index (χ1v) is 12.2. The summed E-state index contributed by atoms with van der Waals surface area (Å²) in [6.07, 6.45) is 1.62. The molecule has 3 N–H and O–H groups in total. The van der Waals surface area contributed by atoms with Crippen molar-refractivity contribution in [1.29, 1.82) is 0 Å². The van der Waals surface area contributed by atoms with E-state index in [0.29, 0.717) is 17.8 Å². The summed E-state index contributed by atoms with van der Waals surface area (Å²) in [6.45, 7) is 10.2. The zero-order valence-corrected chi connectivity index (χ0v) is 20.2. The van der Waals surface area contributed by atoms with E-state index in [-0.39, 0.29) is 16.2 Å². The van der Waals surface area contributed by atoms with E-state index in [1.165, 1.54) is 12.1 Å². The van der Waals surface area contributed by atoms with E-state index in [1.807, 2.05) is 19.1 Å². The molecule has 32 heavy (non-hydrogen) atoms. The van der Waals surface area contributed by atoms with Gasteiger partial charge in [0.25, 0.3) is 5.91 Å². The Kier molecular flexibility index (Phi) is 8.58. The second-order valence-electron chi connectivity index (χ2n) is 8.79. The van der Waals surface area contributed by atoms with Crippen LogP contribution < -0.4 is 15.4 Å². The number of unbranched alkanes of at least 4 members (excludes halogenated alkanes) is 1. The summed E-state index contributed by atoms with van der Waals surface area (Å²) in [7, 11) is -3.65. The summed E-state index contributed by atoms with van der Waals surface area (Å²) in [6, 6.07) is 12.5. The van der Waals surface area contributed by atoms with Gasteiger partial charge in [-0.2, -0.15) is 0 Å². The van der Waals surface area contributed by atoms with Crippen LogP contribution in [0.5, 0.6) is 0 Å². The van der Waals surface area contributed by atoms with Crippen molar-refractivity contribution in [3.8, 4) is 0 Å². The summed E-state index contributed by atoms with van der Waals surface area (Å²) >= 11 is 0. The van der Waals surface area contributed by atoms with E-state index in [4.69, 9.17) is 0 Å². The van der Waals surface area contributed by atoms with Crippen LogP contribution in [0.1, 0.15) is 63.4 Å². The van der Waals surface area contributed by atoms with Crippen LogP contribution in [0, 0.1) is 0 Å². The quantitative estimate of drug-likeness (QED) is 0.496. The number of nitrogens with one attached hydrogen (secondary N) is 3. The molecule has 2 aromatic carbocycles. The first kappa shape index (κ1) is 25.5. The molecule has 1 atom stereocenters. The van der Waals surface area contributed by atoms with Crippen molar-refractivity contribution in [2.45, 2.75) is 63.8 Å². The Morgan fingerprint density at radius 2 is 1.69 bits per heavy atom. The molecule has 0 bridgehead atoms. The lowest BCUT2D eigenvalue weighted by Gasteiger charge is -2.19. The van der Waals surface area contributed by atoms with Gasteiger partial charge in [-0.3, -0.25) is 9.59 Å². The first-order valence-electron chi connectivity index (χ1n) is 10.8. The lowest BCUT2D eigenvalue weighted by molar-refractivity contribution is -0.117. The van der Waals surface area contributed by atoms with Crippen LogP contribution >= 0.6 is 0 Å². The highest BCUT2D eigenvalue weighted by molar-refractivity contribution is 7.89. The van der Waals surface area contributed by atoms with E-state index in [9.17, 15) is 18.0 Å². The Bertz CT molecular complexity index is 1040. The standard InChI is InChI=1S/C24H33N3O4S/c1-6-7-15-25-32(30,31)21-10-8-9-20(16-21)27-22(28)17(2)26-23(29)18-11-13-19(14-12-18)24(3,4)5/h8-14,16-17,25H,6-7,15H2,1-5H3,(H,26,29)(H,27,28). The van der Waals surface area contributed by atoms with Gasteiger partial charge in [-0.25, -0.2) is 13.1 Å². The normalized spacial score (nSPS) is 12.8.